The summed E-state index contributed by atoms with van der Waals surface area (Å²) in [6.45, 7) is 4.21. The monoisotopic (exact) mass is 213 g/mol. The van der Waals surface area contributed by atoms with Crippen LogP contribution in [0.4, 0.5) is 0 Å². The highest BCUT2D eigenvalue weighted by molar-refractivity contribution is 5.36. The highest BCUT2D eigenvalue weighted by Gasteiger charge is 2.23. The molecule has 1 aromatic carbocycles. The summed E-state index contributed by atoms with van der Waals surface area (Å²) in [4.78, 5) is 0. The first-order chi connectivity index (χ1) is 7.73. The topological polar surface area (TPSA) is 9.23 Å². The van der Waals surface area contributed by atoms with Gasteiger partial charge in [0.2, 0.25) is 0 Å². The Morgan fingerprint density at radius 3 is 2.62 bits per heavy atom. The molecule has 1 aliphatic carbocycles. The van der Waals surface area contributed by atoms with Gasteiger partial charge >= 0.3 is 0 Å². The van der Waals surface area contributed by atoms with Crippen molar-refractivity contribution in [3.8, 4) is 5.75 Å². The molecule has 1 nitrogen and oxygen atoms in total. The average molecular weight is 213 g/mol. The maximum atomic E-state index is 6.07. The lowest BCUT2D eigenvalue weighted by molar-refractivity contribution is 0.177. The van der Waals surface area contributed by atoms with E-state index in [1.54, 1.807) is 0 Å². The number of hydrogen-bond acceptors (Lipinski definition) is 1. The van der Waals surface area contributed by atoms with Crippen LogP contribution in [0.1, 0.15) is 19.4 Å². The molecule has 1 heteroatoms. The third kappa shape index (κ3) is 2.35. The molecular formula is C15H17O. The first-order valence-corrected chi connectivity index (χ1v) is 5.71. The van der Waals surface area contributed by atoms with E-state index in [0.717, 1.165) is 12.2 Å². The van der Waals surface area contributed by atoms with Gasteiger partial charge in [0, 0.05) is 6.42 Å². The lowest BCUT2D eigenvalue weighted by atomic mass is 9.97. The first-order valence-electron chi connectivity index (χ1n) is 5.71. The third-order valence-corrected chi connectivity index (χ3v) is 2.76. The number of aryl methyl sites for hydroxylation is 1. The zero-order valence-corrected chi connectivity index (χ0v) is 9.81. The summed E-state index contributed by atoms with van der Waals surface area (Å²) in [5.41, 5.74) is 0.931. The normalized spacial score (nSPS) is 23.4. The van der Waals surface area contributed by atoms with Crippen molar-refractivity contribution in [2.24, 2.45) is 0 Å². The lowest BCUT2D eigenvalue weighted by Gasteiger charge is -2.28. The fourth-order valence-corrected chi connectivity index (χ4v) is 1.81. The van der Waals surface area contributed by atoms with Gasteiger partial charge in [0.1, 0.15) is 11.4 Å². The molecule has 0 heterocycles. The quantitative estimate of drug-likeness (QED) is 0.743. The summed E-state index contributed by atoms with van der Waals surface area (Å²) in [7, 11) is 0. The number of ether oxygens (including phenoxy) is 1. The van der Waals surface area contributed by atoms with Crippen molar-refractivity contribution >= 4 is 0 Å². The van der Waals surface area contributed by atoms with Gasteiger partial charge in [-0.2, -0.15) is 0 Å². The van der Waals surface area contributed by atoms with Crippen molar-refractivity contribution < 1.29 is 4.74 Å². The van der Waals surface area contributed by atoms with Crippen LogP contribution in [0.15, 0.2) is 48.6 Å². The van der Waals surface area contributed by atoms with E-state index in [0.29, 0.717) is 0 Å². The molecule has 0 aromatic heterocycles. The third-order valence-electron chi connectivity index (χ3n) is 2.76. The van der Waals surface area contributed by atoms with Gasteiger partial charge in [-0.25, -0.2) is 0 Å². The molecule has 0 bridgehead atoms. The first kappa shape index (κ1) is 11.0. The maximum absolute atomic E-state index is 6.07. The Kier molecular flexibility index (Phi) is 3.14. The predicted molar refractivity (Wildman–Crippen MR) is 67.4 cm³/mol. The van der Waals surface area contributed by atoms with Crippen molar-refractivity contribution in [2.45, 2.75) is 25.9 Å². The Balaban J connectivity index is 2.20. The highest BCUT2D eigenvalue weighted by Crippen LogP contribution is 2.27. The minimum Gasteiger partial charge on any atom is -0.483 e. The van der Waals surface area contributed by atoms with E-state index in [1.165, 1.54) is 5.56 Å². The van der Waals surface area contributed by atoms with Crippen LogP contribution in [-0.2, 0) is 6.42 Å². The fraction of sp³-hybridized carbons (Fsp3) is 0.267. The average Bonchev–Trinajstić information content (AvgIpc) is 2.30. The highest BCUT2D eigenvalue weighted by atomic mass is 16.5. The Hall–Kier alpha value is -1.50. The summed E-state index contributed by atoms with van der Waals surface area (Å²) in [5, 5.41) is 0. The van der Waals surface area contributed by atoms with Gasteiger partial charge in [0.05, 0.1) is 0 Å². The van der Waals surface area contributed by atoms with Gasteiger partial charge in [-0.15, -0.1) is 0 Å². The predicted octanol–water partition coefficient (Wildman–Crippen LogP) is 3.72. The molecule has 0 aliphatic heterocycles. The minimum absolute atomic E-state index is 0.319. The van der Waals surface area contributed by atoms with Crippen LogP contribution < -0.4 is 4.74 Å². The molecule has 0 saturated carbocycles. The molecule has 16 heavy (non-hydrogen) atoms. The summed E-state index contributed by atoms with van der Waals surface area (Å²) in [6, 6.07) is 8.21. The van der Waals surface area contributed by atoms with Crippen LogP contribution in [0.25, 0.3) is 0 Å². The number of benzene rings is 1. The zero-order chi connectivity index (χ0) is 11.4. The molecule has 1 radical (unpaired) electrons. The molecule has 0 fully saturated rings. The molecule has 0 amide bonds. The summed E-state index contributed by atoms with van der Waals surface area (Å²) in [5.74, 6) is 0.976. The number of para-hydroxylation sites is 1. The van der Waals surface area contributed by atoms with Crippen LogP contribution >= 0.6 is 0 Å². The van der Waals surface area contributed by atoms with E-state index in [9.17, 15) is 0 Å². The summed E-state index contributed by atoms with van der Waals surface area (Å²) >= 11 is 0. The van der Waals surface area contributed by atoms with E-state index in [4.69, 9.17) is 4.74 Å². The maximum Gasteiger partial charge on any atom is 0.132 e. The number of allylic oxidation sites excluding steroid dienone is 2. The largest absolute Gasteiger partial charge is 0.483 e. The molecule has 2 rings (SSSR count). The molecule has 1 aromatic rings. The smallest absolute Gasteiger partial charge is 0.132 e. The van der Waals surface area contributed by atoms with Crippen molar-refractivity contribution in [2.75, 3.05) is 0 Å². The molecule has 83 valence electrons. The summed E-state index contributed by atoms with van der Waals surface area (Å²) in [6.07, 6.45) is 11.2. The molecule has 1 aliphatic rings. The van der Waals surface area contributed by atoms with Crippen molar-refractivity contribution in [3.05, 3.63) is 60.6 Å². The second-order valence-corrected chi connectivity index (χ2v) is 4.16. The molecule has 0 saturated heterocycles. The number of hydrogen-bond donors (Lipinski definition) is 0. The second-order valence-electron chi connectivity index (χ2n) is 4.16. The standard InChI is InChI=1S/C15H17O/c1-3-13-9-5-6-10-14(13)16-15(2)11-7-4-8-12-15/h4-12H,3H2,1-2H3. The van der Waals surface area contributed by atoms with Crippen LogP contribution in [0, 0.1) is 6.42 Å². The number of rotatable bonds is 3. The van der Waals surface area contributed by atoms with Gasteiger partial charge < -0.3 is 4.74 Å². The molecule has 1 unspecified atom stereocenters. The SMILES string of the molecule is CCc1ccccc1OC1(C)[CH]C=CC=C1. The van der Waals surface area contributed by atoms with Crippen LogP contribution in [0.5, 0.6) is 5.75 Å². The van der Waals surface area contributed by atoms with Crippen molar-refractivity contribution in [3.63, 3.8) is 0 Å². The van der Waals surface area contributed by atoms with Gasteiger partial charge in [0.25, 0.3) is 0 Å². The van der Waals surface area contributed by atoms with Gasteiger partial charge in [-0.3, -0.25) is 0 Å². The van der Waals surface area contributed by atoms with Crippen LogP contribution in [0.2, 0.25) is 0 Å². The van der Waals surface area contributed by atoms with Crippen molar-refractivity contribution in [1.29, 1.82) is 0 Å². The zero-order valence-electron chi connectivity index (χ0n) is 9.81. The molecule has 0 N–H and O–H groups in total. The minimum atomic E-state index is -0.319. The van der Waals surface area contributed by atoms with Gasteiger partial charge in [-0.1, -0.05) is 43.4 Å². The van der Waals surface area contributed by atoms with E-state index in [2.05, 4.69) is 32.4 Å². The van der Waals surface area contributed by atoms with E-state index in [-0.39, 0.29) is 5.60 Å². The lowest BCUT2D eigenvalue weighted by Crippen LogP contribution is -2.31. The Bertz CT molecular complexity index is 417. The van der Waals surface area contributed by atoms with Crippen molar-refractivity contribution in [1.82, 2.24) is 0 Å². The van der Waals surface area contributed by atoms with Gasteiger partial charge in [-0.05, 0) is 31.1 Å². The van der Waals surface area contributed by atoms with Gasteiger partial charge in [0.15, 0.2) is 0 Å². The fourth-order valence-electron chi connectivity index (χ4n) is 1.81. The van der Waals surface area contributed by atoms with E-state index < -0.39 is 0 Å². The van der Waals surface area contributed by atoms with E-state index in [1.807, 2.05) is 36.4 Å². The molecule has 0 spiro atoms. The molecule has 1 atom stereocenters. The Morgan fingerprint density at radius 2 is 1.94 bits per heavy atom. The second kappa shape index (κ2) is 4.56. The van der Waals surface area contributed by atoms with E-state index >= 15 is 0 Å². The molecular weight excluding hydrogens is 196 g/mol. The Morgan fingerprint density at radius 1 is 1.12 bits per heavy atom. The van der Waals surface area contributed by atoms with Crippen LogP contribution in [-0.4, -0.2) is 5.60 Å². The Labute approximate surface area is 97.4 Å². The summed E-state index contributed by atoms with van der Waals surface area (Å²) < 4.78 is 6.07. The van der Waals surface area contributed by atoms with Crippen LogP contribution in [0.3, 0.4) is 0 Å².